The minimum Gasteiger partial charge on any atom is -0.495 e. The molecule has 0 aromatic heterocycles. The first-order chi connectivity index (χ1) is 10.3. The van der Waals surface area contributed by atoms with Gasteiger partial charge < -0.3 is 14.8 Å². The molecule has 1 aliphatic rings. The number of benzene rings is 1. The quantitative estimate of drug-likeness (QED) is 0.907. The Hall–Kier alpha value is -1.62. The third-order valence-electron chi connectivity index (χ3n) is 3.37. The van der Waals surface area contributed by atoms with E-state index in [2.05, 4.69) is 5.32 Å². The second-order valence-electron chi connectivity index (χ2n) is 6.33. The summed E-state index contributed by atoms with van der Waals surface area (Å²) < 4.78 is 10.6. The predicted octanol–water partition coefficient (Wildman–Crippen LogP) is 4.12. The second-order valence-corrected chi connectivity index (χ2v) is 6.73. The average Bonchev–Trinajstić information content (AvgIpc) is 2.85. The Morgan fingerprint density at radius 3 is 2.73 bits per heavy atom. The summed E-state index contributed by atoms with van der Waals surface area (Å²) in [5.41, 5.74) is 0.361. The van der Waals surface area contributed by atoms with Gasteiger partial charge in [-0.2, -0.15) is 0 Å². The van der Waals surface area contributed by atoms with Crippen molar-refractivity contribution in [3.63, 3.8) is 0 Å². The second kappa shape index (κ2) is 6.65. The van der Waals surface area contributed by atoms with Crippen LogP contribution in [0.3, 0.4) is 0 Å². The van der Waals surface area contributed by atoms with E-state index >= 15 is 0 Å². The fourth-order valence-corrected chi connectivity index (χ4v) is 2.66. The Morgan fingerprint density at radius 1 is 1.41 bits per heavy atom. The van der Waals surface area contributed by atoms with E-state index < -0.39 is 5.60 Å². The molecule has 0 bridgehead atoms. The zero-order valence-corrected chi connectivity index (χ0v) is 14.2. The lowest BCUT2D eigenvalue weighted by molar-refractivity contribution is 0.0244. The van der Waals surface area contributed by atoms with Crippen LogP contribution in [0, 0.1) is 0 Å². The Morgan fingerprint density at radius 2 is 2.14 bits per heavy atom. The molecule has 0 spiro atoms. The first-order valence-corrected chi connectivity index (χ1v) is 7.77. The molecule has 5 nitrogen and oxygen atoms in total. The van der Waals surface area contributed by atoms with E-state index in [0.29, 0.717) is 17.3 Å². The van der Waals surface area contributed by atoms with Gasteiger partial charge in [-0.05, 0) is 51.8 Å². The summed E-state index contributed by atoms with van der Waals surface area (Å²) in [6.07, 6.45) is 1.45. The molecule has 1 N–H and O–H groups in total. The number of nitrogens with zero attached hydrogens (tertiary/aromatic N) is 1. The van der Waals surface area contributed by atoms with Crippen LogP contribution in [-0.4, -0.2) is 36.4 Å². The van der Waals surface area contributed by atoms with E-state index in [0.717, 1.165) is 18.5 Å². The number of anilines is 1. The van der Waals surface area contributed by atoms with Crippen LogP contribution in [0.5, 0.6) is 5.75 Å². The van der Waals surface area contributed by atoms with E-state index in [1.54, 1.807) is 24.1 Å². The van der Waals surface area contributed by atoms with Gasteiger partial charge in [0.25, 0.3) is 0 Å². The molecule has 122 valence electrons. The lowest BCUT2D eigenvalue weighted by atomic mass is 10.2. The van der Waals surface area contributed by atoms with Crippen LogP contribution in [0.15, 0.2) is 18.2 Å². The van der Waals surface area contributed by atoms with Crippen molar-refractivity contribution in [3.8, 4) is 5.75 Å². The molecule has 22 heavy (non-hydrogen) atoms. The highest BCUT2D eigenvalue weighted by Crippen LogP contribution is 2.29. The number of hydrogen-bond donors (Lipinski definition) is 1. The number of carbonyl (C=O) groups excluding carboxylic acids is 1. The maximum absolute atomic E-state index is 12.2. The Kier molecular flexibility index (Phi) is 5.06. The van der Waals surface area contributed by atoms with Gasteiger partial charge >= 0.3 is 6.09 Å². The van der Waals surface area contributed by atoms with E-state index in [-0.39, 0.29) is 12.3 Å². The first-order valence-electron chi connectivity index (χ1n) is 7.40. The highest BCUT2D eigenvalue weighted by molar-refractivity contribution is 6.32. The summed E-state index contributed by atoms with van der Waals surface area (Å²) >= 11 is 6.13. The van der Waals surface area contributed by atoms with E-state index in [4.69, 9.17) is 21.1 Å². The van der Waals surface area contributed by atoms with Crippen molar-refractivity contribution in [2.75, 3.05) is 19.0 Å². The van der Waals surface area contributed by atoms with Gasteiger partial charge in [-0.3, -0.25) is 4.90 Å². The summed E-state index contributed by atoms with van der Waals surface area (Å²) in [6, 6.07) is 5.49. The third-order valence-corrected chi connectivity index (χ3v) is 3.66. The van der Waals surface area contributed by atoms with Crippen LogP contribution >= 0.6 is 11.6 Å². The number of methoxy groups -OCH3 is 1. The van der Waals surface area contributed by atoms with Gasteiger partial charge in [0.2, 0.25) is 0 Å². The van der Waals surface area contributed by atoms with Gasteiger partial charge in [0, 0.05) is 12.2 Å². The smallest absolute Gasteiger partial charge is 0.411 e. The average molecular weight is 327 g/mol. The van der Waals surface area contributed by atoms with Crippen molar-refractivity contribution in [1.82, 2.24) is 4.90 Å². The molecule has 1 aliphatic heterocycles. The number of nitrogens with one attached hydrogen (secondary N) is 1. The van der Waals surface area contributed by atoms with Crippen LogP contribution in [-0.2, 0) is 4.74 Å². The first kappa shape index (κ1) is 16.7. The monoisotopic (exact) mass is 326 g/mol. The molecule has 1 aromatic carbocycles. The van der Waals surface area contributed by atoms with Crippen LogP contribution in [0.2, 0.25) is 5.02 Å². The summed E-state index contributed by atoms with van der Waals surface area (Å²) in [5, 5.41) is 3.87. The number of ether oxygens (including phenoxy) is 2. The minimum absolute atomic E-state index is 0.0840. The van der Waals surface area contributed by atoms with Crippen molar-refractivity contribution >= 4 is 23.4 Å². The standard InChI is InChI=1S/C16H23ClN2O3/c1-16(2,3)22-15(20)19-9-5-6-14(19)18-11-7-8-13(21-4)12(17)10-11/h7-8,10,14,18H,5-6,9H2,1-4H3/t14-/m0/s1. The lowest BCUT2D eigenvalue weighted by Crippen LogP contribution is -2.43. The molecule has 1 atom stereocenters. The molecule has 1 aromatic rings. The van der Waals surface area contributed by atoms with Gasteiger partial charge in [-0.15, -0.1) is 0 Å². The number of halogens is 1. The maximum Gasteiger partial charge on any atom is 0.411 e. The van der Waals surface area contributed by atoms with E-state index in [1.165, 1.54) is 0 Å². The molecule has 1 fully saturated rings. The maximum atomic E-state index is 12.2. The Balaban J connectivity index is 2.05. The number of rotatable bonds is 3. The molecule has 0 aliphatic carbocycles. The third kappa shape index (κ3) is 4.19. The lowest BCUT2D eigenvalue weighted by Gasteiger charge is -2.29. The van der Waals surface area contributed by atoms with Gasteiger partial charge in [-0.25, -0.2) is 4.79 Å². The number of carbonyl (C=O) groups is 1. The fraction of sp³-hybridized carbons (Fsp3) is 0.562. The molecule has 1 heterocycles. The molecule has 1 amide bonds. The number of amides is 1. The van der Waals surface area contributed by atoms with Crippen molar-refractivity contribution < 1.29 is 14.3 Å². The molecule has 0 saturated carbocycles. The highest BCUT2D eigenvalue weighted by atomic mass is 35.5. The molecule has 0 radical (unpaired) electrons. The number of likely N-dealkylation sites (tertiary alicyclic amines) is 1. The van der Waals surface area contributed by atoms with Gasteiger partial charge in [-0.1, -0.05) is 11.6 Å². The zero-order chi connectivity index (χ0) is 16.3. The molecule has 0 unspecified atom stereocenters. The zero-order valence-electron chi connectivity index (χ0n) is 13.5. The van der Waals surface area contributed by atoms with Crippen molar-refractivity contribution in [1.29, 1.82) is 0 Å². The van der Waals surface area contributed by atoms with E-state index in [9.17, 15) is 4.79 Å². The van der Waals surface area contributed by atoms with Crippen LogP contribution in [0.1, 0.15) is 33.6 Å². The fourth-order valence-electron chi connectivity index (χ4n) is 2.40. The van der Waals surface area contributed by atoms with Gasteiger partial charge in [0.05, 0.1) is 12.1 Å². The van der Waals surface area contributed by atoms with Crippen molar-refractivity contribution in [2.45, 2.75) is 45.4 Å². The minimum atomic E-state index is -0.492. The molecular weight excluding hydrogens is 304 g/mol. The topological polar surface area (TPSA) is 50.8 Å². The van der Waals surface area contributed by atoms with Crippen LogP contribution in [0.4, 0.5) is 10.5 Å². The SMILES string of the molecule is COc1ccc(N[C@@H]2CCCN2C(=O)OC(C)(C)C)cc1Cl. The van der Waals surface area contributed by atoms with Crippen LogP contribution < -0.4 is 10.1 Å². The number of hydrogen-bond acceptors (Lipinski definition) is 4. The van der Waals surface area contributed by atoms with Gasteiger partial charge in [0.15, 0.2) is 0 Å². The Bertz CT molecular complexity index is 543. The largest absolute Gasteiger partial charge is 0.495 e. The molecule has 1 saturated heterocycles. The highest BCUT2D eigenvalue weighted by Gasteiger charge is 2.32. The summed E-state index contributed by atoms with van der Waals surface area (Å²) in [4.78, 5) is 14.0. The normalized spacial score (nSPS) is 18.2. The summed E-state index contributed by atoms with van der Waals surface area (Å²) in [7, 11) is 1.58. The van der Waals surface area contributed by atoms with Gasteiger partial charge in [0.1, 0.15) is 17.5 Å². The molecular formula is C16H23ClN2O3. The predicted molar refractivity (Wildman–Crippen MR) is 87.6 cm³/mol. The van der Waals surface area contributed by atoms with Crippen LogP contribution in [0.25, 0.3) is 0 Å². The van der Waals surface area contributed by atoms with E-state index in [1.807, 2.05) is 26.8 Å². The van der Waals surface area contributed by atoms with Crippen molar-refractivity contribution in [2.24, 2.45) is 0 Å². The molecule has 6 heteroatoms. The summed E-state index contributed by atoms with van der Waals surface area (Å²) in [6.45, 7) is 6.29. The molecule has 2 rings (SSSR count). The Labute approximate surface area is 136 Å². The van der Waals surface area contributed by atoms with Crippen molar-refractivity contribution in [3.05, 3.63) is 23.2 Å². The summed E-state index contributed by atoms with van der Waals surface area (Å²) in [5.74, 6) is 0.627.